The average molecular weight is 357 g/mol. The number of benzene rings is 2. The van der Waals surface area contributed by atoms with Crippen LogP contribution in [-0.2, 0) is 11.2 Å². The number of nitrogens with zero attached hydrogens (tertiary/aromatic N) is 1. The Morgan fingerprint density at radius 2 is 1.73 bits per heavy atom. The molecular formula is C21H29N2O3+. The van der Waals surface area contributed by atoms with Crippen LogP contribution >= 0.6 is 0 Å². The number of ether oxygens (including phenoxy) is 2. The fourth-order valence-corrected chi connectivity index (χ4v) is 2.87. The van der Waals surface area contributed by atoms with E-state index in [1.54, 1.807) is 19.1 Å². The number of carbonyl (C=O) groups is 1. The van der Waals surface area contributed by atoms with Crippen molar-refractivity contribution in [1.82, 2.24) is 0 Å². The van der Waals surface area contributed by atoms with Gasteiger partial charge in [-0.3, -0.25) is 4.79 Å². The largest absolute Gasteiger partial charge is 0.493 e. The first-order valence-corrected chi connectivity index (χ1v) is 8.83. The van der Waals surface area contributed by atoms with Crippen molar-refractivity contribution in [3.05, 3.63) is 54.1 Å². The zero-order valence-electron chi connectivity index (χ0n) is 16.3. The molecule has 0 saturated carbocycles. The molecular weight excluding hydrogens is 328 g/mol. The third kappa shape index (κ3) is 4.76. The molecule has 5 nitrogen and oxygen atoms in total. The summed E-state index contributed by atoms with van der Waals surface area (Å²) >= 11 is 0. The highest BCUT2D eigenvalue weighted by atomic mass is 16.5. The highest BCUT2D eigenvalue weighted by Gasteiger charge is 2.25. The van der Waals surface area contributed by atoms with E-state index >= 15 is 0 Å². The highest BCUT2D eigenvalue weighted by Crippen LogP contribution is 2.27. The molecule has 0 aliphatic carbocycles. The Kier molecular flexibility index (Phi) is 7.04. The second-order valence-corrected chi connectivity index (χ2v) is 6.49. The molecule has 0 spiro atoms. The van der Waals surface area contributed by atoms with E-state index in [0.717, 1.165) is 35.7 Å². The van der Waals surface area contributed by atoms with E-state index in [2.05, 4.69) is 7.05 Å². The van der Waals surface area contributed by atoms with Gasteiger partial charge >= 0.3 is 0 Å². The third-order valence-corrected chi connectivity index (χ3v) is 4.84. The van der Waals surface area contributed by atoms with Crippen LogP contribution in [0.2, 0.25) is 0 Å². The van der Waals surface area contributed by atoms with E-state index < -0.39 is 0 Å². The van der Waals surface area contributed by atoms with Gasteiger partial charge in [-0.25, -0.2) is 0 Å². The van der Waals surface area contributed by atoms with Gasteiger partial charge in [0, 0.05) is 19.2 Å². The predicted molar refractivity (Wildman–Crippen MR) is 104 cm³/mol. The summed E-state index contributed by atoms with van der Waals surface area (Å²) in [5, 5.41) is 0. The van der Waals surface area contributed by atoms with Gasteiger partial charge in [0.05, 0.1) is 27.8 Å². The summed E-state index contributed by atoms with van der Waals surface area (Å²) in [5.41, 5.74) is 2.08. The lowest BCUT2D eigenvalue weighted by Gasteiger charge is -2.26. The number of anilines is 1. The van der Waals surface area contributed by atoms with Crippen molar-refractivity contribution in [3.63, 3.8) is 0 Å². The maximum atomic E-state index is 12.7. The minimum atomic E-state index is -0.125. The predicted octanol–water partition coefficient (Wildman–Crippen LogP) is 1.81. The molecule has 2 aromatic rings. The zero-order valence-corrected chi connectivity index (χ0v) is 16.3. The second-order valence-electron chi connectivity index (χ2n) is 6.49. The fraction of sp³-hybridized carbons (Fsp3) is 0.381. The first kappa shape index (κ1) is 19.8. The number of para-hydroxylation sites is 1. The van der Waals surface area contributed by atoms with E-state index in [9.17, 15) is 4.79 Å². The van der Waals surface area contributed by atoms with Crippen molar-refractivity contribution in [2.24, 2.45) is 0 Å². The quantitative estimate of drug-likeness (QED) is 0.784. The number of quaternary nitrogens is 1. The van der Waals surface area contributed by atoms with Gasteiger partial charge < -0.3 is 19.3 Å². The molecule has 0 saturated heterocycles. The van der Waals surface area contributed by atoms with Crippen molar-refractivity contribution in [2.45, 2.75) is 19.4 Å². The van der Waals surface area contributed by atoms with Gasteiger partial charge in [0.1, 0.15) is 0 Å². The molecule has 2 rings (SSSR count). The van der Waals surface area contributed by atoms with Crippen LogP contribution in [0.15, 0.2) is 48.5 Å². The number of carbonyl (C=O) groups excluding carboxylic acids is 1. The van der Waals surface area contributed by atoms with Crippen molar-refractivity contribution in [1.29, 1.82) is 0 Å². The van der Waals surface area contributed by atoms with Crippen LogP contribution in [0, 0.1) is 0 Å². The monoisotopic (exact) mass is 357 g/mol. The van der Waals surface area contributed by atoms with Gasteiger partial charge in [-0.1, -0.05) is 24.3 Å². The standard InChI is InChI=1S/C21H28N2O3/c1-16(21(24)23(3)18-9-7-6-8-10-18)22(2)14-13-17-11-12-19(25-4)20(15-17)26-5/h6-12,15-16H,13-14H2,1-5H3/p+1/t16-/m1/s1. The summed E-state index contributed by atoms with van der Waals surface area (Å²) in [6.45, 7) is 2.83. The van der Waals surface area contributed by atoms with Gasteiger partial charge in [-0.15, -0.1) is 0 Å². The molecule has 0 radical (unpaired) electrons. The van der Waals surface area contributed by atoms with Crippen molar-refractivity contribution in [2.75, 3.05) is 39.8 Å². The lowest BCUT2D eigenvalue weighted by molar-refractivity contribution is -0.893. The molecule has 2 aromatic carbocycles. The highest BCUT2D eigenvalue weighted by molar-refractivity contribution is 5.95. The van der Waals surface area contributed by atoms with Crippen molar-refractivity contribution < 1.29 is 19.2 Å². The Balaban J connectivity index is 1.96. The minimum Gasteiger partial charge on any atom is -0.493 e. The third-order valence-electron chi connectivity index (χ3n) is 4.84. The van der Waals surface area contributed by atoms with E-state index in [0.29, 0.717) is 0 Å². The number of hydrogen-bond donors (Lipinski definition) is 1. The number of hydrogen-bond acceptors (Lipinski definition) is 3. The molecule has 0 fully saturated rings. The van der Waals surface area contributed by atoms with Crippen molar-refractivity contribution >= 4 is 11.6 Å². The van der Waals surface area contributed by atoms with Crippen molar-refractivity contribution in [3.8, 4) is 11.5 Å². The number of methoxy groups -OCH3 is 2. The lowest BCUT2D eigenvalue weighted by atomic mass is 10.1. The van der Waals surface area contributed by atoms with Gasteiger partial charge in [-0.2, -0.15) is 0 Å². The Hall–Kier alpha value is -2.53. The second kappa shape index (κ2) is 9.25. The van der Waals surface area contributed by atoms with Crippen LogP contribution < -0.4 is 19.3 Å². The molecule has 1 N–H and O–H groups in total. The van der Waals surface area contributed by atoms with E-state index in [4.69, 9.17) is 9.47 Å². The minimum absolute atomic E-state index is 0.112. The van der Waals surface area contributed by atoms with Crippen LogP contribution in [0.5, 0.6) is 11.5 Å². The number of rotatable bonds is 8. The first-order valence-electron chi connectivity index (χ1n) is 8.83. The van der Waals surface area contributed by atoms with E-state index in [-0.39, 0.29) is 11.9 Å². The number of likely N-dealkylation sites (N-methyl/N-ethyl adjacent to an activating group) is 2. The van der Waals surface area contributed by atoms with Crippen LogP contribution in [0.25, 0.3) is 0 Å². The smallest absolute Gasteiger partial charge is 0.284 e. The van der Waals surface area contributed by atoms with E-state index in [1.165, 1.54) is 4.90 Å². The Bertz CT molecular complexity index is 718. The molecule has 5 heteroatoms. The summed E-state index contributed by atoms with van der Waals surface area (Å²) in [6, 6.07) is 15.6. The van der Waals surface area contributed by atoms with Gasteiger partial charge in [0.2, 0.25) is 0 Å². The van der Waals surface area contributed by atoms with E-state index in [1.807, 2.05) is 62.5 Å². The van der Waals surface area contributed by atoms with Crippen LogP contribution in [-0.4, -0.2) is 46.8 Å². The molecule has 0 heterocycles. The molecule has 0 aliphatic heterocycles. The first-order chi connectivity index (χ1) is 12.5. The topological polar surface area (TPSA) is 43.2 Å². The Labute approximate surface area is 156 Å². The summed E-state index contributed by atoms with van der Waals surface area (Å²) < 4.78 is 10.6. The molecule has 1 amide bonds. The van der Waals surface area contributed by atoms with Gasteiger partial charge in [0.15, 0.2) is 17.5 Å². The van der Waals surface area contributed by atoms with Crippen LogP contribution in [0.3, 0.4) is 0 Å². The summed E-state index contributed by atoms with van der Waals surface area (Å²) in [6.07, 6.45) is 0.860. The SMILES string of the molecule is COc1ccc(CC[NH+](C)[C@H](C)C(=O)N(C)c2ccccc2)cc1OC. The molecule has 1 unspecified atom stereocenters. The summed E-state index contributed by atoms with van der Waals surface area (Å²) in [7, 11) is 7.16. The normalized spacial score (nSPS) is 13.0. The Morgan fingerprint density at radius 1 is 1.08 bits per heavy atom. The molecule has 2 atom stereocenters. The maximum absolute atomic E-state index is 12.7. The molecule has 26 heavy (non-hydrogen) atoms. The average Bonchev–Trinajstić information content (AvgIpc) is 2.70. The lowest BCUT2D eigenvalue weighted by Crippen LogP contribution is -3.14. The molecule has 140 valence electrons. The molecule has 0 aliphatic rings. The number of nitrogens with one attached hydrogen (secondary N) is 1. The summed E-state index contributed by atoms with van der Waals surface area (Å²) in [5.74, 6) is 1.57. The fourth-order valence-electron chi connectivity index (χ4n) is 2.87. The molecule has 0 bridgehead atoms. The maximum Gasteiger partial charge on any atom is 0.284 e. The van der Waals surface area contributed by atoms with Crippen LogP contribution in [0.4, 0.5) is 5.69 Å². The van der Waals surface area contributed by atoms with Gasteiger partial charge in [-0.05, 0) is 36.8 Å². The number of amides is 1. The Morgan fingerprint density at radius 3 is 2.35 bits per heavy atom. The van der Waals surface area contributed by atoms with Crippen LogP contribution in [0.1, 0.15) is 12.5 Å². The summed E-state index contributed by atoms with van der Waals surface area (Å²) in [4.78, 5) is 15.6. The van der Waals surface area contributed by atoms with Gasteiger partial charge in [0.25, 0.3) is 5.91 Å². The molecule has 0 aromatic heterocycles. The zero-order chi connectivity index (χ0) is 19.1.